The van der Waals surface area contributed by atoms with E-state index in [0.29, 0.717) is 16.5 Å². The molecule has 2 aromatic carbocycles. The predicted octanol–water partition coefficient (Wildman–Crippen LogP) is 3.23. The van der Waals surface area contributed by atoms with Crippen LogP contribution < -0.4 is 0 Å². The molecule has 0 aliphatic heterocycles. The van der Waals surface area contributed by atoms with Gasteiger partial charge in [-0.2, -0.15) is 14.6 Å². The van der Waals surface area contributed by atoms with Crippen LogP contribution in [-0.2, 0) is 9.84 Å². The van der Waals surface area contributed by atoms with E-state index in [9.17, 15) is 8.42 Å². The molecular formula is C18H11N5O2S2. The Morgan fingerprint density at radius 1 is 0.926 bits per heavy atom. The fourth-order valence-corrected chi connectivity index (χ4v) is 5.33. The number of hydrogen-bond donors (Lipinski definition) is 0. The number of sulfone groups is 1. The standard InChI is InChI=1S/C18H11N5O2S2/c24-27(25,12-6-2-1-3-7-12)15-10-19-18-20-11-21-23(18)16(15)17-22-13-8-4-5-9-14(13)26-17/h1-11H. The van der Waals surface area contributed by atoms with Crippen LogP contribution in [0.5, 0.6) is 0 Å². The average molecular weight is 393 g/mol. The summed E-state index contributed by atoms with van der Waals surface area (Å²) < 4.78 is 29.0. The zero-order chi connectivity index (χ0) is 18.4. The Morgan fingerprint density at radius 3 is 2.52 bits per heavy atom. The van der Waals surface area contributed by atoms with Crippen molar-refractivity contribution in [3.63, 3.8) is 0 Å². The minimum absolute atomic E-state index is 0.0470. The fraction of sp³-hybridized carbons (Fsp3) is 0. The summed E-state index contributed by atoms with van der Waals surface area (Å²) in [4.78, 5) is 13.1. The van der Waals surface area contributed by atoms with Gasteiger partial charge in [-0.15, -0.1) is 11.3 Å². The zero-order valence-electron chi connectivity index (χ0n) is 13.7. The minimum atomic E-state index is -3.81. The Hall–Kier alpha value is -3.17. The largest absolute Gasteiger partial charge is 0.252 e. The first kappa shape index (κ1) is 16.0. The molecule has 0 spiro atoms. The quantitative estimate of drug-likeness (QED) is 0.467. The van der Waals surface area contributed by atoms with Crippen molar-refractivity contribution in [2.45, 2.75) is 9.79 Å². The number of hydrogen-bond acceptors (Lipinski definition) is 7. The SMILES string of the molecule is O=S(=O)(c1ccccc1)c1cnc2ncnn2c1-c1nc2ccccc2s1. The van der Waals surface area contributed by atoms with Crippen LogP contribution >= 0.6 is 11.3 Å². The second kappa shape index (κ2) is 5.93. The summed E-state index contributed by atoms with van der Waals surface area (Å²) in [5.74, 6) is 0.316. The molecule has 0 aliphatic carbocycles. The van der Waals surface area contributed by atoms with Crippen molar-refractivity contribution in [2.24, 2.45) is 0 Å². The van der Waals surface area contributed by atoms with Gasteiger partial charge in [-0.05, 0) is 24.3 Å². The van der Waals surface area contributed by atoms with E-state index in [0.717, 1.165) is 10.2 Å². The van der Waals surface area contributed by atoms with E-state index in [1.165, 1.54) is 28.4 Å². The van der Waals surface area contributed by atoms with E-state index < -0.39 is 9.84 Å². The Kier molecular flexibility index (Phi) is 3.52. The first-order valence-corrected chi connectivity index (χ1v) is 10.3. The smallest absolute Gasteiger partial charge is 0.234 e. The fourth-order valence-electron chi connectivity index (χ4n) is 2.86. The molecular weight excluding hydrogens is 382 g/mol. The van der Waals surface area contributed by atoms with Crippen LogP contribution in [0.3, 0.4) is 0 Å². The number of para-hydroxylation sites is 1. The molecule has 0 fully saturated rings. The van der Waals surface area contributed by atoms with Gasteiger partial charge in [-0.3, -0.25) is 0 Å². The molecule has 0 N–H and O–H groups in total. The van der Waals surface area contributed by atoms with Gasteiger partial charge in [0.2, 0.25) is 9.84 Å². The highest BCUT2D eigenvalue weighted by molar-refractivity contribution is 7.91. The minimum Gasteiger partial charge on any atom is -0.234 e. The maximum atomic E-state index is 13.3. The van der Waals surface area contributed by atoms with E-state index >= 15 is 0 Å². The lowest BCUT2D eigenvalue weighted by atomic mass is 10.3. The van der Waals surface area contributed by atoms with Crippen LogP contribution in [0.4, 0.5) is 0 Å². The molecule has 132 valence electrons. The van der Waals surface area contributed by atoms with Gasteiger partial charge < -0.3 is 0 Å². The highest BCUT2D eigenvalue weighted by Gasteiger charge is 2.27. The van der Waals surface area contributed by atoms with Crippen LogP contribution in [0, 0.1) is 0 Å². The van der Waals surface area contributed by atoms with E-state index in [1.54, 1.807) is 30.3 Å². The predicted molar refractivity (Wildman–Crippen MR) is 101 cm³/mol. The molecule has 5 rings (SSSR count). The van der Waals surface area contributed by atoms with E-state index in [-0.39, 0.29) is 9.79 Å². The maximum absolute atomic E-state index is 13.3. The Labute approximate surface area is 157 Å². The van der Waals surface area contributed by atoms with Gasteiger partial charge in [0.1, 0.15) is 21.9 Å². The number of thiazole rings is 1. The molecule has 3 heterocycles. The number of rotatable bonds is 3. The van der Waals surface area contributed by atoms with Crippen molar-refractivity contribution in [3.05, 3.63) is 67.1 Å². The molecule has 0 amide bonds. The van der Waals surface area contributed by atoms with Gasteiger partial charge in [-0.25, -0.2) is 18.4 Å². The highest BCUT2D eigenvalue weighted by atomic mass is 32.2. The summed E-state index contributed by atoms with van der Waals surface area (Å²) in [7, 11) is -3.81. The molecule has 7 nitrogen and oxygen atoms in total. The zero-order valence-corrected chi connectivity index (χ0v) is 15.4. The average Bonchev–Trinajstić information content (AvgIpc) is 3.34. The lowest BCUT2D eigenvalue weighted by Crippen LogP contribution is -2.09. The van der Waals surface area contributed by atoms with Crippen molar-refractivity contribution >= 4 is 37.2 Å². The Bertz CT molecular complexity index is 1360. The van der Waals surface area contributed by atoms with Crippen molar-refractivity contribution in [2.75, 3.05) is 0 Å². The lowest BCUT2D eigenvalue weighted by Gasteiger charge is -2.09. The summed E-state index contributed by atoms with van der Waals surface area (Å²) in [5.41, 5.74) is 1.16. The summed E-state index contributed by atoms with van der Waals surface area (Å²) in [6.45, 7) is 0. The normalized spacial score (nSPS) is 12.0. The summed E-state index contributed by atoms with van der Waals surface area (Å²) in [6, 6.07) is 15.9. The second-order valence-corrected chi connectivity index (χ2v) is 8.69. The third-order valence-corrected chi connectivity index (χ3v) is 6.93. The molecule has 0 aliphatic rings. The van der Waals surface area contributed by atoms with Gasteiger partial charge >= 0.3 is 0 Å². The molecule has 0 radical (unpaired) electrons. The monoisotopic (exact) mass is 393 g/mol. The van der Waals surface area contributed by atoms with Gasteiger partial charge in [0, 0.05) is 0 Å². The molecule has 5 aromatic rings. The first-order chi connectivity index (χ1) is 13.1. The number of nitrogens with zero attached hydrogens (tertiary/aromatic N) is 5. The van der Waals surface area contributed by atoms with Crippen LogP contribution in [0.2, 0.25) is 0 Å². The number of fused-ring (bicyclic) bond motifs is 2. The highest BCUT2D eigenvalue weighted by Crippen LogP contribution is 2.35. The second-order valence-electron chi connectivity index (χ2n) is 5.75. The lowest BCUT2D eigenvalue weighted by molar-refractivity contribution is 0.595. The van der Waals surface area contributed by atoms with Gasteiger partial charge in [0.25, 0.3) is 5.78 Å². The van der Waals surface area contributed by atoms with Crippen LogP contribution in [0.25, 0.3) is 26.7 Å². The van der Waals surface area contributed by atoms with Crippen molar-refractivity contribution < 1.29 is 8.42 Å². The van der Waals surface area contributed by atoms with Crippen LogP contribution in [0.15, 0.2) is 76.9 Å². The summed E-state index contributed by atoms with van der Waals surface area (Å²) >= 11 is 1.40. The Morgan fingerprint density at radius 2 is 1.70 bits per heavy atom. The molecule has 0 saturated carbocycles. The van der Waals surface area contributed by atoms with Crippen LogP contribution in [-0.4, -0.2) is 33.0 Å². The molecule has 0 saturated heterocycles. The maximum Gasteiger partial charge on any atom is 0.252 e. The summed E-state index contributed by atoms with van der Waals surface area (Å²) in [6.07, 6.45) is 2.67. The number of benzene rings is 2. The van der Waals surface area contributed by atoms with Crippen LogP contribution in [0.1, 0.15) is 0 Å². The third-order valence-electron chi connectivity index (χ3n) is 4.11. The van der Waals surface area contributed by atoms with Crippen molar-refractivity contribution in [3.8, 4) is 10.7 Å². The van der Waals surface area contributed by atoms with Gasteiger partial charge in [-0.1, -0.05) is 30.3 Å². The third kappa shape index (κ3) is 2.51. The Balaban J connectivity index is 1.85. The first-order valence-electron chi connectivity index (χ1n) is 7.99. The molecule has 3 aromatic heterocycles. The number of aromatic nitrogens is 5. The molecule has 27 heavy (non-hydrogen) atoms. The van der Waals surface area contributed by atoms with E-state index in [4.69, 9.17) is 0 Å². The van der Waals surface area contributed by atoms with Gasteiger partial charge in [0.05, 0.1) is 21.3 Å². The molecule has 0 bridgehead atoms. The molecule has 9 heteroatoms. The molecule has 0 unspecified atom stereocenters. The summed E-state index contributed by atoms with van der Waals surface area (Å²) in [5, 5.41) is 4.72. The van der Waals surface area contributed by atoms with Crippen molar-refractivity contribution in [1.29, 1.82) is 0 Å². The van der Waals surface area contributed by atoms with E-state index in [2.05, 4.69) is 20.1 Å². The van der Waals surface area contributed by atoms with Gasteiger partial charge in [0.15, 0.2) is 0 Å². The molecule has 0 atom stereocenters. The van der Waals surface area contributed by atoms with E-state index in [1.807, 2.05) is 24.3 Å². The van der Waals surface area contributed by atoms with Crippen molar-refractivity contribution in [1.82, 2.24) is 24.6 Å². The topological polar surface area (TPSA) is 90.1 Å².